The Morgan fingerprint density at radius 2 is 1.93 bits per heavy atom. The molecule has 3 N–H and O–H groups in total. The second-order valence-electron chi connectivity index (χ2n) is 12.2. The molecule has 1 saturated heterocycles. The van der Waals surface area contributed by atoms with E-state index < -0.39 is 5.91 Å². The highest BCUT2D eigenvalue weighted by molar-refractivity contribution is 6.12. The zero-order chi connectivity index (χ0) is 29.4. The van der Waals surface area contributed by atoms with Gasteiger partial charge in [-0.05, 0) is 49.1 Å². The lowest BCUT2D eigenvalue weighted by Gasteiger charge is -2.27. The van der Waals surface area contributed by atoms with Crippen molar-refractivity contribution < 1.29 is 9.32 Å². The first kappa shape index (κ1) is 28.0. The number of nitrogens with one attached hydrogen (secondary N) is 3. The maximum atomic E-state index is 12.8. The molecule has 6 rings (SSSR count). The van der Waals surface area contributed by atoms with Crippen LogP contribution in [0.5, 0.6) is 0 Å². The van der Waals surface area contributed by atoms with E-state index in [2.05, 4.69) is 66.0 Å². The topological polar surface area (TPSA) is 125 Å². The Labute approximate surface area is 245 Å². The molecule has 10 nitrogen and oxygen atoms in total. The largest absolute Gasteiger partial charge is 0.341 e. The first-order valence-electron chi connectivity index (χ1n) is 14.6. The monoisotopic (exact) mass is 566 g/mol. The standard InChI is InChI=1S/C32H38N8O2/c1-19-16-22(7-9-23(19)20(2)36-29(41)30-38-31(39-42-30)32(3,4)5)27-26-24-8-6-21(10-13-40-14-11-33-12-15-40)17-25(24)37-28(26)35-18-34-27/h6-9,16-18,20,33H,10-15H2,1-5H3,(H,36,41)(H,34,35,37)/t20-/m1/s1. The number of carbonyl (C=O) groups is 1. The minimum Gasteiger partial charge on any atom is -0.341 e. The van der Waals surface area contributed by atoms with E-state index in [-0.39, 0.29) is 17.3 Å². The molecule has 0 spiro atoms. The lowest BCUT2D eigenvalue weighted by Crippen LogP contribution is -2.44. The van der Waals surface area contributed by atoms with Gasteiger partial charge in [0.15, 0.2) is 5.82 Å². The summed E-state index contributed by atoms with van der Waals surface area (Å²) in [5, 5.41) is 12.5. The van der Waals surface area contributed by atoms with Crippen LogP contribution in [0.15, 0.2) is 47.2 Å². The molecule has 1 aliphatic rings. The van der Waals surface area contributed by atoms with Crippen LogP contribution >= 0.6 is 0 Å². The van der Waals surface area contributed by atoms with E-state index in [1.807, 2.05) is 40.7 Å². The Morgan fingerprint density at radius 3 is 2.67 bits per heavy atom. The number of aryl methyl sites for hydroxylation is 1. The molecule has 1 atom stereocenters. The average Bonchev–Trinajstić information content (AvgIpc) is 3.62. The van der Waals surface area contributed by atoms with Gasteiger partial charge in [0.2, 0.25) is 0 Å². The second kappa shape index (κ2) is 11.3. The predicted octanol–water partition coefficient (Wildman–Crippen LogP) is 4.71. The number of hydrogen-bond acceptors (Lipinski definition) is 8. The maximum Gasteiger partial charge on any atom is 0.315 e. The summed E-state index contributed by atoms with van der Waals surface area (Å²) in [6.45, 7) is 15.3. The lowest BCUT2D eigenvalue weighted by molar-refractivity contribution is 0.0895. The third-order valence-electron chi connectivity index (χ3n) is 8.03. The molecule has 5 aromatic rings. The highest BCUT2D eigenvalue weighted by atomic mass is 16.5. The number of carbonyl (C=O) groups excluding carboxylic acids is 1. The van der Waals surface area contributed by atoms with E-state index >= 15 is 0 Å². The third-order valence-corrected chi connectivity index (χ3v) is 8.03. The van der Waals surface area contributed by atoms with Gasteiger partial charge < -0.3 is 25.0 Å². The fraction of sp³-hybridized carbons (Fsp3) is 0.406. The molecule has 0 radical (unpaired) electrons. The Hall–Kier alpha value is -4.15. The van der Waals surface area contributed by atoms with Crippen molar-refractivity contribution in [3.8, 4) is 11.3 Å². The average molecular weight is 567 g/mol. The Bertz CT molecular complexity index is 1740. The third kappa shape index (κ3) is 5.64. The number of amides is 1. The van der Waals surface area contributed by atoms with Gasteiger partial charge in [-0.15, -0.1) is 0 Å². The Balaban J connectivity index is 1.22. The van der Waals surface area contributed by atoms with Crippen LogP contribution < -0.4 is 10.6 Å². The van der Waals surface area contributed by atoms with Crippen molar-refractivity contribution in [2.45, 2.75) is 52.5 Å². The van der Waals surface area contributed by atoms with Crippen molar-refractivity contribution in [3.63, 3.8) is 0 Å². The van der Waals surface area contributed by atoms with E-state index in [9.17, 15) is 4.79 Å². The quantitative estimate of drug-likeness (QED) is 0.259. The summed E-state index contributed by atoms with van der Waals surface area (Å²) >= 11 is 0. The van der Waals surface area contributed by atoms with Crippen molar-refractivity contribution in [2.24, 2.45) is 0 Å². The molecule has 1 aliphatic heterocycles. The lowest BCUT2D eigenvalue weighted by atomic mass is 9.96. The molecule has 0 unspecified atom stereocenters. The van der Waals surface area contributed by atoms with Gasteiger partial charge in [0, 0.05) is 54.6 Å². The van der Waals surface area contributed by atoms with Crippen LogP contribution in [0.1, 0.15) is 66.9 Å². The summed E-state index contributed by atoms with van der Waals surface area (Å²) in [6.07, 6.45) is 2.63. The first-order chi connectivity index (χ1) is 20.2. The number of benzene rings is 2. The fourth-order valence-electron chi connectivity index (χ4n) is 5.64. The van der Waals surface area contributed by atoms with E-state index in [1.165, 1.54) is 5.56 Å². The van der Waals surface area contributed by atoms with Gasteiger partial charge in [0.05, 0.1) is 17.1 Å². The van der Waals surface area contributed by atoms with E-state index in [1.54, 1.807) is 6.33 Å². The van der Waals surface area contributed by atoms with Crippen LogP contribution in [-0.4, -0.2) is 68.6 Å². The molecule has 2 aromatic carbocycles. The van der Waals surface area contributed by atoms with Crippen molar-refractivity contribution >= 4 is 27.8 Å². The molecule has 218 valence electrons. The molecule has 10 heteroatoms. The molecular formula is C32H38N8O2. The molecule has 0 saturated carbocycles. The number of aromatic amines is 1. The normalized spacial score (nSPS) is 15.4. The molecule has 0 aliphatic carbocycles. The maximum absolute atomic E-state index is 12.8. The number of rotatable bonds is 7. The zero-order valence-corrected chi connectivity index (χ0v) is 24.9. The van der Waals surface area contributed by atoms with Crippen molar-refractivity contribution in [3.05, 3.63) is 71.1 Å². The molecule has 0 bridgehead atoms. The SMILES string of the molecule is Cc1cc(-c2ncnc3[nH]c4cc(CCN5CCNCC5)ccc4c23)ccc1[C@@H](C)NC(=O)c1nc(C(C)(C)C)no1. The van der Waals surface area contributed by atoms with Gasteiger partial charge in [0.25, 0.3) is 0 Å². The summed E-state index contributed by atoms with van der Waals surface area (Å²) in [6, 6.07) is 12.6. The van der Waals surface area contributed by atoms with Crippen LogP contribution in [-0.2, 0) is 11.8 Å². The summed E-state index contributed by atoms with van der Waals surface area (Å²) in [7, 11) is 0. The van der Waals surface area contributed by atoms with Crippen LogP contribution in [0.4, 0.5) is 0 Å². The number of aromatic nitrogens is 5. The van der Waals surface area contributed by atoms with Crippen molar-refractivity contribution in [1.82, 2.24) is 40.6 Å². The summed E-state index contributed by atoms with van der Waals surface area (Å²) < 4.78 is 5.22. The van der Waals surface area contributed by atoms with E-state index in [4.69, 9.17) is 9.51 Å². The highest BCUT2D eigenvalue weighted by Gasteiger charge is 2.25. The number of fused-ring (bicyclic) bond motifs is 3. The first-order valence-corrected chi connectivity index (χ1v) is 14.6. The van der Waals surface area contributed by atoms with Crippen molar-refractivity contribution in [2.75, 3.05) is 32.7 Å². The number of piperazine rings is 1. The second-order valence-corrected chi connectivity index (χ2v) is 12.2. The van der Waals surface area contributed by atoms with Crippen LogP contribution in [0.2, 0.25) is 0 Å². The minimum atomic E-state index is -0.391. The van der Waals surface area contributed by atoms with Crippen LogP contribution in [0, 0.1) is 6.92 Å². The molecule has 1 fully saturated rings. The predicted molar refractivity (Wildman–Crippen MR) is 163 cm³/mol. The molecule has 42 heavy (non-hydrogen) atoms. The summed E-state index contributed by atoms with van der Waals surface area (Å²) in [4.78, 5) is 32.4. The summed E-state index contributed by atoms with van der Waals surface area (Å²) in [5.74, 6) is 0.0778. The van der Waals surface area contributed by atoms with Gasteiger partial charge in [-0.1, -0.05) is 50.2 Å². The molecule has 3 aromatic heterocycles. The highest BCUT2D eigenvalue weighted by Crippen LogP contribution is 2.34. The van der Waals surface area contributed by atoms with Gasteiger partial charge in [-0.2, -0.15) is 4.98 Å². The smallest absolute Gasteiger partial charge is 0.315 e. The van der Waals surface area contributed by atoms with E-state index in [0.717, 1.165) is 83.5 Å². The molecule has 4 heterocycles. The van der Waals surface area contributed by atoms with Gasteiger partial charge in [-0.25, -0.2) is 9.97 Å². The molecular weight excluding hydrogens is 528 g/mol. The van der Waals surface area contributed by atoms with Crippen LogP contribution in [0.25, 0.3) is 33.2 Å². The van der Waals surface area contributed by atoms with Gasteiger partial charge in [-0.3, -0.25) is 4.79 Å². The Kier molecular flexibility index (Phi) is 7.51. The number of nitrogens with zero attached hydrogens (tertiary/aromatic N) is 5. The number of hydrogen-bond donors (Lipinski definition) is 3. The van der Waals surface area contributed by atoms with Crippen LogP contribution in [0.3, 0.4) is 0 Å². The van der Waals surface area contributed by atoms with E-state index in [0.29, 0.717) is 5.82 Å². The molecule has 1 amide bonds. The van der Waals surface area contributed by atoms with Crippen molar-refractivity contribution in [1.29, 1.82) is 0 Å². The zero-order valence-electron chi connectivity index (χ0n) is 24.9. The van der Waals surface area contributed by atoms with Gasteiger partial charge >= 0.3 is 11.8 Å². The fourth-order valence-corrected chi connectivity index (χ4v) is 5.64. The number of H-pyrrole nitrogens is 1. The minimum absolute atomic E-state index is 0.0317. The summed E-state index contributed by atoms with van der Waals surface area (Å²) in [5.41, 5.74) is 6.84. The Morgan fingerprint density at radius 1 is 1.12 bits per heavy atom. The van der Waals surface area contributed by atoms with Gasteiger partial charge in [0.1, 0.15) is 12.0 Å².